The summed E-state index contributed by atoms with van der Waals surface area (Å²) in [6.07, 6.45) is 0.917. The first-order valence-electron chi connectivity index (χ1n) is 8.29. The first kappa shape index (κ1) is 17.7. The minimum absolute atomic E-state index is 0.142. The van der Waals surface area contributed by atoms with Crippen LogP contribution in [0.5, 0.6) is 0 Å². The third-order valence-corrected chi connectivity index (χ3v) is 4.15. The van der Waals surface area contributed by atoms with Crippen LogP contribution in [0.2, 0.25) is 0 Å². The SMILES string of the molecule is O=C(Nc1ccc(-c2cn3cccnc3n2)cc1)c1ccc(C(F)(F)F)cc1. The zero-order valence-electron chi connectivity index (χ0n) is 14.3. The van der Waals surface area contributed by atoms with Crippen molar-refractivity contribution in [2.24, 2.45) is 0 Å². The molecule has 0 bridgehead atoms. The van der Waals surface area contributed by atoms with E-state index in [1.807, 2.05) is 12.4 Å². The number of anilines is 1. The summed E-state index contributed by atoms with van der Waals surface area (Å²) in [6.45, 7) is 0. The predicted molar refractivity (Wildman–Crippen MR) is 97.8 cm³/mol. The Hall–Kier alpha value is -3.68. The molecule has 2 aromatic carbocycles. The van der Waals surface area contributed by atoms with E-state index < -0.39 is 17.6 Å². The van der Waals surface area contributed by atoms with Crippen molar-refractivity contribution in [1.82, 2.24) is 14.4 Å². The highest BCUT2D eigenvalue weighted by Crippen LogP contribution is 2.29. The molecule has 8 heteroatoms. The van der Waals surface area contributed by atoms with E-state index in [-0.39, 0.29) is 5.56 Å². The van der Waals surface area contributed by atoms with Crippen LogP contribution >= 0.6 is 0 Å². The van der Waals surface area contributed by atoms with E-state index in [0.717, 1.165) is 35.5 Å². The lowest BCUT2D eigenvalue weighted by Gasteiger charge is -2.08. The van der Waals surface area contributed by atoms with E-state index in [1.165, 1.54) is 0 Å². The van der Waals surface area contributed by atoms with Crippen LogP contribution in [-0.2, 0) is 6.18 Å². The molecule has 0 saturated heterocycles. The van der Waals surface area contributed by atoms with Gasteiger partial charge < -0.3 is 5.32 Å². The van der Waals surface area contributed by atoms with E-state index in [9.17, 15) is 18.0 Å². The molecule has 0 aliphatic heterocycles. The molecule has 0 aliphatic carbocycles. The van der Waals surface area contributed by atoms with E-state index in [2.05, 4.69) is 15.3 Å². The smallest absolute Gasteiger partial charge is 0.322 e. The molecule has 4 rings (SSSR count). The second-order valence-corrected chi connectivity index (χ2v) is 6.06. The molecule has 1 N–H and O–H groups in total. The van der Waals surface area contributed by atoms with Crippen LogP contribution in [0.1, 0.15) is 15.9 Å². The van der Waals surface area contributed by atoms with E-state index in [4.69, 9.17) is 0 Å². The first-order valence-corrected chi connectivity index (χ1v) is 8.29. The molecule has 5 nitrogen and oxygen atoms in total. The zero-order chi connectivity index (χ0) is 19.7. The number of halogens is 3. The number of amides is 1. The van der Waals surface area contributed by atoms with Gasteiger partial charge in [-0.15, -0.1) is 0 Å². The van der Waals surface area contributed by atoms with Gasteiger partial charge in [-0.3, -0.25) is 9.20 Å². The fourth-order valence-electron chi connectivity index (χ4n) is 2.71. The van der Waals surface area contributed by atoms with Crippen LogP contribution in [0.3, 0.4) is 0 Å². The van der Waals surface area contributed by atoms with Crippen LogP contribution in [0.4, 0.5) is 18.9 Å². The molecule has 1 amide bonds. The normalized spacial score (nSPS) is 11.5. The number of carbonyl (C=O) groups excluding carboxylic acids is 1. The van der Waals surface area contributed by atoms with Gasteiger partial charge in [-0.25, -0.2) is 9.97 Å². The number of rotatable bonds is 3. The minimum Gasteiger partial charge on any atom is -0.322 e. The number of imidazole rings is 1. The van der Waals surface area contributed by atoms with E-state index in [1.54, 1.807) is 40.9 Å². The number of fused-ring (bicyclic) bond motifs is 1. The van der Waals surface area contributed by atoms with Gasteiger partial charge in [0.05, 0.1) is 11.3 Å². The molecule has 0 atom stereocenters. The van der Waals surface area contributed by atoms with Crippen molar-refractivity contribution in [2.75, 3.05) is 5.32 Å². The number of nitrogens with one attached hydrogen (secondary N) is 1. The Morgan fingerprint density at radius 1 is 1.00 bits per heavy atom. The van der Waals surface area contributed by atoms with Gasteiger partial charge in [-0.05, 0) is 42.5 Å². The third kappa shape index (κ3) is 3.57. The van der Waals surface area contributed by atoms with Gasteiger partial charge in [-0.2, -0.15) is 13.2 Å². The van der Waals surface area contributed by atoms with Gasteiger partial charge >= 0.3 is 6.18 Å². The second-order valence-electron chi connectivity index (χ2n) is 6.06. The van der Waals surface area contributed by atoms with Crippen molar-refractivity contribution in [1.29, 1.82) is 0 Å². The minimum atomic E-state index is -4.43. The van der Waals surface area contributed by atoms with Crippen molar-refractivity contribution in [2.45, 2.75) is 6.18 Å². The summed E-state index contributed by atoms with van der Waals surface area (Å²) in [4.78, 5) is 20.8. The number of hydrogen-bond donors (Lipinski definition) is 1. The van der Waals surface area contributed by atoms with Crippen molar-refractivity contribution in [3.8, 4) is 11.3 Å². The standard InChI is InChI=1S/C20H13F3N4O/c21-20(22,23)15-6-2-14(3-7-15)18(28)25-16-8-4-13(5-9-16)17-12-27-11-1-10-24-19(27)26-17/h1-12H,(H,25,28). The number of aromatic nitrogens is 3. The lowest BCUT2D eigenvalue weighted by atomic mass is 10.1. The van der Waals surface area contributed by atoms with Crippen molar-refractivity contribution >= 4 is 17.4 Å². The molecular weight excluding hydrogens is 369 g/mol. The van der Waals surface area contributed by atoms with Gasteiger partial charge in [0.25, 0.3) is 5.91 Å². The van der Waals surface area contributed by atoms with Crippen LogP contribution in [0.25, 0.3) is 17.0 Å². The largest absolute Gasteiger partial charge is 0.416 e. The number of benzene rings is 2. The predicted octanol–water partition coefficient (Wildman–Crippen LogP) is 4.67. The number of alkyl halides is 3. The number of carbonyl (C=O) groups is 1. The van der Waals surface area contributed by atoms with Crippen molar-refractivity contribution in [3.63, 3.8) is 0 Å². The first-order chi connectivity index (χ1) is 13.4. The molecule has 28 heavy (non-hydrogen) atoms. The van der Waals surface area contributed by atoms with E-state index in [0.29, 0.717) is 11.5 Å². The summed E-state index contributed by atoms with van der Waals surface area (Å²) < 4.78 is 39.6. The molecule has 140 valence electrons. The summed E-state index contributed by atoms with van der Waals surface area (Å²) in [6, 6.07) is 12.9. The Morgan fingerprint density at radius 3 is 2.36 bits per heavy atom. The number of nitrogens with zero attached hydrogens (tertiary/aromatic N) is 3. The van der Waals surface area contributed by atoms with Crippen LogP contribution < -0.4 is 5.32 Å². The highest BCUT2D eigenvalue weighted by atomic mass is 19.4. The lowest BCUT2D eigenvalue weighted by Crippen LogP contribution is -2.12. The Kier molecular flexibility index (Phi) is 4.31. The highest BCUT2D eigenvalue weighted by molar-refractivity contribution is 6.04. The summed E-state index contributed by atoms with van der Waals surface area (Å²) in [7, 11) is 0. The number of hydrogen-bond acceptors (Lipinski definition) is 3. The van der Waals surface area contributed by atoms with Gasteiger partial charge in [0, 0.05) is 35.4 Å². The molecule has 4 aromatic rings. The van der Waals surface area contributed by atoms with Gasteiger partial charge in [-0.1, -0.05) is 12.1 Å². The second kappa shape index (κ2) is 6.80. The van der Waals surface area contributed by atoms with Crippen LogP contribution in [0.15, 0.2) is 73.2 Å². The molecular formula is C20H13F3N4O. The highest BCUT2D eigenvalue weighted by Gasteiger charge is 2.30. The van der Waals surface area contributed by atoms with Crippen molar-refractivity contribution < 1.29 is 18.0 Å². The van der Waals surface area contributed by atoms with E-state index >= 15 is 0 Å². The Bertz CT molecular complexity index is 1100. The molecule has 2 heterocycles. The molecule has 0 fully saturated rings. The lowest BCUT2D eigenvalue weighted by molar-refractivity contribution is -0.137. The average Bonchev–Trinajstić information content (AvgIpc) is 3.12. The summed E-state index contributed by atoms with van der Waals surface area (Å²) in [5.74, 6) is 0.0931. The summed E-state index contributed by atoms with van der Waals surface area (Å²) in [5, 5.41) is 2.66. The Balaban J connectivity index is 1.49. The summed E-state index contributed by atoms with van der Waals surface area (Å²) in [5.41, 5.74) is 1.45. The third-order valence-electron chi connectivity index (χ3n) is 4.15. The average molecular weight is 382 g/mol. The maximum Gasteiger partial charge on any atom is 0.416 e. The summed E-state index contributed by atoms with van der Waals surface area (Å²) >= 11 is 0. The maximum atomic E-state index is 12.6. The molecule has 0 spiro atoms. The quantitative estimate of drug-likeness (QED) is 0.560. The zero-order valence-corrected chi connectivity index (χ0v) is 14.3. The fraction of sp³-hybridized carbons (Fsp3) is 0.0500. The van der Waals surface area contributed by atoms with Gasteiger partial charge in [0.1, 0.15) is 0 Å². The van der Waals surface area contributed by atoms with Gasteiger partial charge in [0.2, 0.25) is 5.78 Å². The topological polar surface area (TPSA) is 59.3 Å². The molecule has 2 aromatic heterocycles. The fourth-order valence-corrected chi connectivity index (χ4v) is 2.71. The van der Waals surface area contributed by atoms with Crippen LogP contribution in [0, 0.1) is 0 Å². The Morgan fingerprint density at radius 2 is 1.71 bits per heavy atom. The monoisotopic (exact) mass is 382 g/mol. The van der Waals surface area contributed by atoms with Gasteiger partial charge in [0.15, 0.2) is 0 Å². The molecule has 0 unspecified atom stereocenters. The Labute approximate surface area is 157 Å². The molecule has 0 aliphatic rings. The molecule has 0 radical (unpaired) electrons. The molecule has 0 saturated carbocycles. The van der Waals surface area contributed by atoms with Crippen molar-refractivity contribution in [3.05, 3.63) is 84.3 Å². The van der Waals surface area contributed by atoms with Crippen LogP contribution in [-0.4, -0.2) is 20.3 Å². The maximum absolute atomic E-state index is 12.6.